The number of alkyl halides is 3. The van der Waals surface area contributed by atoms with Crippen molar-refractivity contribution in [3.63, 3.8) is 0 Å². The largest absolute Gasteiger partial charge is 0.497 e. The first kappa shape index (κ1) is 14.8. The van der Waals surface area contributed by atoms with Gasteiger partial charge in [0.15, 0.2) is 0 Å². The summed E-state index contributed by atoms with van der Waals surface area (Å²) in [5, 5.41) is 2.61. The Balaban J connectivity index is 2.07. The van der Waals surface area contributed by atoms with Gasteiger partial charge in [-0.3, -0.25) is 0 Å². The van der Waals surface area contributed by atoms with E-state index in [1.165, 1.54) is 0 Å². The number of halogens is 3. The van der Waals surface area contributed by atoms with Crippen LogP contribution in [0.2, 0.25) is 0 Å². The van der Waals surface area contributed by atoms with Gasteiger partial charge in [-0.2, -0.15) is 13.2 Å². The molecule has 0 unspecified atom stereocenters. The van der Waals surface area contributed by atoms with Gasteiger partial charge in [0, 0.05) is 11.6 Å². The smallest absolute Gasteiger partial charge is 0.408 e. The number of methoxy groups -OCH3 is 1. The fourth-order valence-electron chi connectivity index (χ4n) is 2.91. The Kier molecular flexibility index (Phi) is 3.72. The summed E-state index contributed by atoms with van der Waals surface area (Å²) in [6, 6.07) is 12.9. The van der Waals surface area contributed by atoms with Crippen molar-refractivity contribution in [3.05, 3.63) is 59.7 Å². The quantitative estimate of drug-likeness (QED) is 0.877. The van der Waals surface area contributed by atoms with Gasteiger partial charge in [0.25, 0.3) is 0 Å². The van der Waals surface area contributed by atoms with Crippen LogP contribution in [0.15, 0.2) is 48.5 Å². The topological polar surface area (TPSA) is 21.3 Å². The van der Waals surface area contributed by atoms with E-state index in [2.05, 4.69) is 5.32 Å². The van der Waals surface area contributed by atoms with Crippen LogP contribution in [0.1, 0.15) is 23.5 Å². The van der Waals surface area contributed by atoms with Crippen molar-refractivity contribution in [1.82, 2.24) is 0 Å². The van der Waals surface area contributed by atoms with Crippen molar-refractivity contribution in [1.29, 1.82) is 0 Å². The van der Waals surface area contributed by atoms with Gasteiger partial charge in [-0.1, -0.05) is 30.3 Å². The first-order valence-electron chi connectivity index (χ1n) is 7.05. The van der Waals surface area contributed by atoms with Gasteiger partial charge in [-0.25, -0.2) is 0 Å². The highest BCUT2D eigenvalue weighted by Gasteiger charge is 2.44. The molecular weight excluding hydrogens is 291 g/mol. The molecule has 0 radical (unpaired) electrons. The Morgan fingerprint density at radius 3 is 2.45 bits per heavy atom. The summed E-state index contributed by atoms with van der Waals surface area (Å²) in [6.45, 7) is 0. The van der Waals surface area contributed by atoms with Crippen LogP contribution >= 0.6 is 0 Å². The Hall–Kier alpha value is -2.17. The van der Waals surface area contributed by atoms with Crippen LogP contribution < -0.4 is 10.1 Å². The molecule has 3 rings (SSSR count). The van der Waals surface area contributed by atoms with Gasteiger partial charge in [0.1, 0.15) is 11.8 Å². The second-order valence-electron chi connectivity index (χ2n) is 5.39. The number of rotatable bonds is 2. The van der Waals surface area contributed by atoms with Crippen molar-refractivity contribution in [2.45, 2.75) is 24.6 Å². The average molecular weight is 307 g/mol. The molecule has 0 amide bonds. The minimum absolute atomic E-state index is 0.0202. The van der Waals surface area contributed by atoms with Crippen molar-refractivity contribution in [2.24, 2.45) is 0 Å². The molecule has 5 heteroatoms. The molecule has 1 aliphatic rings. The van der Waals surface area contributed by atoms with E-state index >= 15 is 0 Å². The molecule has 2 aromatic carbocycles. The van der Waals surface area contributed by atoms with Crippen LogP contribution in [0.3, 0.4) is 0 Å². The number of nitrogens with one attached hydrogen (secondary N) is 1. The maximum Gasteiger partial charge on any atom is 0.408 e. The standard InChI is InChI=1S/C17H16F3NO/c1-22-12-7-8-15-14(9-12)13(11-5-3-2-4-6-11)10-16(21-15)17(18,19)20/h2-9,13,16,21H,10H2,1H3/t13-,16+/m1/s1. The van der Waals surface area contributed by atoms with E-state index in [1.54, 1.807) is 19.2 Å². The van der Waals surface area contributed by atoms with Crippen molar-refractivity contribution in [2.75, 3.05) is 12.4 Å². The molecule has 0 saturated heterocycles. The Morgan fingerprint density at radius 1 is 1.09 bits per heavy atom. The van der Waals surface area contributed by atoms with E-state index < -0.39 is 12.2 Å². The van der Waals surface area contributed by atoms with E-state index in [0.717, 1.165) is 11.1 Å². The fourth-order valence-corrected chi connectivity index (χ4v) is 2.91. The Morgan fingerprint density at radius 2 is 1.82 bits per heavy atom. The summed E-state index contributed by atoms with van der Waals surface area (Å²) in [5.41, 5.74) is 2.24. The normalized spacial score (nSPS) is 20.9. The molecule has 1 heterocycles. The SMILES string of the molecule is COc1ccc2c(c1)[C@@H](c1ccccc1)C[C@@H](C(F)(F)F)N2. The number of hydrogen-bond donors (Lipinski definition) is 1. The number of hydrogen-bond acceptors (Lipinski definition) is 2. The molecule has 1 aliphatic heterocycles. The zero-order valence-corrected chi connectivity index (χ0v) is 12.0. The predicted molar refractivity (Wildman–Crippen MR) is 79.4 cm³/mol. The highest BCUT2D eigenvalue weighted by atomic mass is 19.4. The number of anilines is 1. The minimum atomic E-state index is -4.27. The molecule has 0 spiro atoms. The predicted octanol–water partition coefficient (Wildman–Crippen LogP) is 4.57. The molecule has 0 saturated carbocycles. The summed E-state index contributed by atoms with van der Waals surface area (Å²) >= 11 is 0. The maximum atomic E-state index is 13.2. The van der Waals surface area contributed by atoms with Gasteiger partial charge in [-0.15, -0.1) is 0 Å². The van der Waals surface area contributed by atoms with Crippen molar-refractivity contribution < 1.29 is 17.9 Å². The van der Waals surface area contributed by atoms with Crippen LogP contribution in [0.4, 0.5) is 18.9 Å². The van der Waals surface area contributed by atoms with Gasteiger partial charge >= 0.3 is 6.18 Å². The van der Waals surface area contributed by atoms with E-state index in [0.29, 0.717) is 11.4 Å². The van der Waals surface area contributed by atoms with Gasteiger partial charge < -0.3 is 10.1 Å². The first-order chi connectivity index (χ1) is 10.5. The zero-order chi connectivity index (χ0) is 15.7. The first-order valence-corrected chi connectivity index (χ1v) is 7.05. The van der Waals surface area contributed by atoms with Crippen molar-refractivity contribution >= 4 is 5.69 Å². The lowest BCUT2D eigenvalue weighted by Crippen LogP contribution is -2.40. The molecular formula is C17H16F3NO. The third kappa shape index (κ3) is 2.75. The van der Waals surface area contributed by atoms with Gasteiger partial charge in [0.2, 0.25) is 0 Å². The van der Waals surface area contributed by atoms with Crippen LogP contribution in [0.5, 0.6) is 5.75 Å². The highest BCUT2D eigenvalue weighted by molar-refractivity contribution is 5.61. The molecule has 0 aliphatic carbocycles. The lowest BCUT2D eigenvalue weighted by atomic mass is 9.82. The van der Waals surface area contributed by atoms with Crippen molar-refractivity contribution in [3.8, 4) is 5.75 Å². The summed E-state index contributed by atoms with van der Waals surface area (Å²) in [6.07, 6.45) is -4.29. The summed E-state index contributed by atoms with van der Waals surface area (Å²) in [5.74, 6) is 0.339. The van der Waals surface area contributed by atoms with E-state index in [-0.39, 0.29) is 12.3 Å². The Labute approximate surface area is 126 Å². The molecule has 0 aromatic heterocycles. The lowest BCUT2D eigenvalue weighted by molar-refractivity contribution is -0.144. The number of fused-ring (bicyclic) bond motifs is 1. The van der Waals surface area contributed by atoms with E-state index in [4.69, 9.17) is 4.74 Å². The molecule has 1 N–H and O–H groups in total. The van der Waals surface area contributed by atoms with Gasteiger partial charge in [0.05, 0.1) is 7.11 Å². The Bertz CT molecular complexity index is 655. The zero-order valence-electron chi connectivity index (χ0n) is 12.0. The molecule has 0 fully saturated rings. The fraction of sp³-hybridized carbons (Fsp3) is 0.294. The molecule has 22 heavy (non-hydrogen) atoms. The molecule has 2 aromatic rings. The molecule has 2 nitrogen and oxygen atoms in total. The number of benzene rings is 2. The number of ether oxygens (including phenoxy) is 1. The molecule has 2 atom stereocenters. The highest BCUT2D eigenvalue weighted by Crippen LogP contribution is 2.43. The van der Waals surface area contributed by atoms with Crippen LogP contribution in [0.25, 0.3) is 0 Å². The summed E-state index contributed by atoms with van der Waals surface area (Å²) in [7, 11) is 1.55. The lowest BCUT2D eigenvalue weighted by Gasteiger charge is -2.34. The third-order valence-corrected chi connectivity index (χ3v) is 4.03. The van der Waals surface area contributed by atoms with Crippen LogP contribution in [0, 0.1) is 0 Å². The third-order valence-electron chi connectivity index (χ3n) is 4.03. The molecule has 0 bridgehead atoms. The molecule has 116 valence electrons. The second kappa shape index (κ2) is 5.55. The second-order valence-corrected chi connectivity index (χ2v) is 5.39. The van der Waals surface area contributed by atoms with E-state index in [9.17, 15) is 13.2 Å². The van der Waals surface area contributed by atoms with Gasteiger partial charge in [-0.05, 0) is 35.7 Å². The minimum Gasteiger partial charge on any atom is -0.497 e. The average Bonchev–Trinajstić information content (AvgIpc) is 2.53. The maximum absolute atomic E-state index is 13.2. The van der Waals surface area contributed by atoms with Crippen LogP contribution in [-0.4, -0.2) is 19.3 Å². The van der Waals surface area contributed by atoms with Crippen LogP contribution in [-0.2, 0) is 0 Å². The van der Waals surface area contributed by atoms with E-state index in [1.807, 2.05) is 36.4 Å². The summed E-state index contributed by atoms with van der Waals surface area (Å²) in [4.78, 5) is 0. The monoisotopic (exact) mass is 307 g/mol. The summed E-state index contributed by atoms with van der Waals surface area (Å²) < 4.78 is 44.8.